The zero-order chi connectivity index (χ0) is 16.9. The van der Waals surface area contributed by atoms with Gasteiger partial charge in [0.25, 0.3) is 0 Å². The Balaban J connectivity index is 1.51. The highest BCUT2D eigenvalue weighted by molar-refractivity contribution is 5.91. The van der Waals surface area contributed by atoms with Crippen LogP contribution in [0.25, 0.3) is 0 Å². The molecule has 130 valence electrons. The second-order valence-electron chi connectivity index (χ2n) is 7.19. The van der Waals surface area contributed by atoms with E-state index in [1.807, 2.05) is 23.1 Å². The number of amides is 1. The van der Waals surface area contributed by atoms with Crippen LogP contribution in [-0.2, 0) is 16.0 Å². The molecule has 2 aliphatic heterocycles. The van der Waals surface area contributed by atoms with Crippen LogP contribution in [0.2, 0.25) is 0 Å². The van der Waals surface area contributed by atoms with Gasteiger partial charge in [0.05, 0.1) is 12.1 Å². The summed E-state index contributed by atoms with van der Waals surface area (Å²) in [6, 6.07) is 10.4. The van der Waals surface area contributed by atoms with Gasteiger partial charge in [-0.2, -0.15) is 0 Å². The Hall–Kier alpha value is -1.68. The number of benzene rings is 1. The van der Waals surface area contributed by atoms with Crippen molar-refractivity contribution in [3.05, 3.63) is 35.9 Å². The Morgan fingerprint density at radius 1 is 1.17 bits per heavy atom. The number of aryl methyl sites for hydroxylation is 1. The van der Waals surface area contributed by atoms with Crippen LogP contribution in [0, 0.1) is 0 Å². The van der Waals surface area contributed by atoms with E-state index in [0.717, 1.165) is 45.1 Å². The van der Waals surface area contributed by atoms with Crippen molar-refractivity contribution in [2.75, 3.05) is 6.54 Å². The van der Waals surface area contributed by atoms with E-state index in [2.05, 4.69) is 24.4 Å². The molecule has 2 heterocycles. The van der Waals surface area contributed by atoms with Crippen LogP contribution in [0.5, 0.6) is 0 Å². The summed E-state index contributed by atoms with van der Waals surface area (Å²) in [5.41, 5.74) is 1.27. The molecule has 0 aliphatic carbocycles. The molecule has 3 atom stereocenters. The summed E-state index contributed by atoms with van der Waals surface area (Å²) >= 11 is 0. The van der Waals surface area contributed by atoms with E-state index < -0.39 is 0 Å². The van der Waals surface area contributed by atoms with Gasteiger partial charge in [-0.25, -0.2) is 0 Å². The number of ketones is 1. The number of hydrogen-bond donors (Lipinski definition) is 1. The lowest BCUT2D eigenvalue weighted by atomic mass is 10.0. The van der Waals surface area contributed by atoms with Crippen LogP contribution < -0.4 is 5.32 Å². The molecule has 1 aromatic rings. The smallest absolute Gasteiger partial charge is 0.240 e. The fraction of sp³-hybridized carbons (Fsp3) is 0.600. The molecule has 0 aromatic heterocycles. The molecule has 2 aliphatic rings. The minimum Gasteiger partial charge on any atom is -0.331 e. The molecule has 0 radical (unpaired) electrons. The number of carbonyl (C=O) groups excluding carboxylic acids is 2. The molecule has 4 nitrogen and oxygen atoms in total. The first kappa shape index (κ1) is 17.2. The Morgan fingerprint density at radius 2 is 1.96 bits per heavy atom. The van der Waals surface area contributed by atoms with Crippen molar-refractivity contribution < 1.29 is 9.59 Å². The number of hydrogen-bond acceptors (Lipinski definition) is 3. The molecule has 1 amide bonds. The van der Waals surface area contributed by atoms with Crippen molar-refractivity contribution in [1.82, 2.24) is 10.2 Å². The van der Waals surface area contributed by atoms with Crippen LogP contribution >= 0.6 is 0 Å². The monoisotopic (exact) mass is 328 g/mol. The standard InChI is InChI=1S/C20H28N2O2/c1-15-12-13-17(21-15)20(24)22-14-6-10-18(22)19(23)11-5-9-16-7-3-2-4-8-16/h2-4,7-8,15,17-18,21H,5-6,9-14H2,1H3/t15?,17-,18+/m0/s1. The maximum absolute atomic E-state index is 12.7. The van der Waals surface area contributed by atoms with Gasteiger partial charge in [-0.15, -0.1) is 0 Å². The van der Waals surface area contributed by atoms with Gasteiger partial charge in [-0.1, -0.05) is 30.3 Å². The van der Waals surface area contributed by atoms with Gasteiger partial charge in [-0.3, -0.25) is 9.59 Å². The third kappa shape index (κ3) is 4.04. The number of Topliss-reactive ketones (excluding diaryl/α,β-unsaturated/α-hetero) is 1. The topological polar surface area (TPSA) is 49.4 Å². The first-order valence-corrected chi connectivity index (χ1v) is 9.28. The highest BCUT2D eigenvalue weighted by atomic mass is 16.2. The molecule has 24 heavy (non-hydrogen) atoms. The molecular formula is C20H28N2O2. The van der Waals surface area contributed by atoms with E-state index in [-0.39, 0.29) is 23.8 Å². The van der Waals surface area contributed by atoms with Crippen LogP contribution in [0.3, 0.4) is 0 Å². The maximum atomic E-state index is 12.7. The fourth-order valence-corrected chi connectivity index (χ4v) is 3.96. The van der Waals surface area contributed by atoms with Crippen LogP contribution in [0.15, 0.2) is 30.3 Å². The normalized spacial score (nSPS) is 26.7. The first-order valence-electron chi connectivity index (χ1n) is 9.28. The lowest BCUT2D eigenvalue weighted by molar-refractivity contribution is -0.139. The summed E-state index contributed by atoms with van der Waals surface area (Å²) < 4.78 is 0. The van der Waals surface area contributed by atoms with Gasteiger partial charge < -0.3 is 10.2 Å². The third-order valence-corrected chi connectivity index (χ3v) is 5.31. The summed E-state index contributed by atoms with van der Waals surface area (Å²) in [4.78, 5) is 27.2. The summed E-state index contributed by atoms with van der Waals surface area (Å²) in [6.07, 6.45) is 6.07. The van der Waals surface area contributed by atoms with Crippen molar-refractivity contribution in [1.29, 1.82) is 0 Å². The number of nitrogens with zero attached hydrogens (tertiary/aromatic N) is 1. The number of nitrogens with one attached hydrogen (secondary N) is 1. The molecule has 2 fully saturated rings. The first-order chi connectivity index (χ1) is 11.6. The van der Waals surface area contributed by atoms with E-state index >= 15 is 0 Å². The average Bonchev–Trinajstić information content (AvgIpc) is 3.24. The minimum absolute atomic E-state index is 0.0854. The molecule has 1 unspecified atom stereocenters. The summed E-state index contributed by atoms with van der Waals surface area (Å²) in [5.74, 6) is 0.376. The molecule has 0 bridgehead atoms. The van der Waals surface area contributed by atoms with Gasteiger partial charge in [0.1, 0.15) is 0 Å². The zero-order valence-corrected chi connectivity index (χ0v) is 14.5. The quantitative estimate of drug-likeness (QED) is 0.873. The highest BCUT2D eigenvalue weighted by Crippen LogP contribution is 2.24. The molecule has 4 heteroatoms. The lowest BCUT2D eigenvalue weighted by Crippen LogP contribution is -2.49. The second-order valence-corrected chi connectivity index (χ2v) is 7.19. The Bertz CT molecular complexity index is 572. The largest absolute Gasteiger partial charge is 0.331 e. The number of carbonyl (C=O) groups is 2. The van der Waals surface area contributed by atoms with Gasteiger partial charge in [-0.05, 0) is 51.0 Å². The van der Waals surface area contributed by atoms with E-state index in [1.165, 1.54) is 5.56 Å². The maximum Gasteiger partial charge on any atom is 0.240 e. The highest BCUT2D eigenvalue weighted by Gasteiger charge is 2.38. The number of likely N-dealkylation sites (tertiary alicyclic amines) is 1. The average molecular weight is 328 g/mol. The molecule has 1 aromatic carbocycles. The van der Waals surface area contributed by atoms with Crippen molar-refractivity contribution >= 4 is 11.7 Å². The summed E-state index contributed by atoms with van der Waals surface area (Å²) in [6.45, 7) is 2.85. The molecule has 3 rings (SSSR count). The summed E-state index contributed by atoms with van der Waals surface area (Å²) in [5, 5.41) is 3.35. The van der Waals surface area contributed by atoms with Gasteiger partial charge >= 0.3 is 0 Å². The predicted octanol–water partition coefficient (Wildman–Crippen LogP) is 2.71. The van der Waals surface area contributed by atoms with Crippen LogP contribution in [0.4, 0.5) is 0 Å². The molecule has 0 saturated carbocycles. The molecular weight excluding hydrogens is 300 g/mol. The van der Waals surface area contributed by atoms with E-state index in [9.17, 15) is 9.59 Å². The summed E-state index contributed by atoms with van der Waals surface area (Å²) in [7, 11) is 0. The van der Waals surface area contributed by atoms with Gasteiger partial charge in [0.15, 0.2) is 5.78 Å². The van der Waals surface area contributed by atoms with Gasteiger partial charge in [0.2, 0.25) is 5.91 Å². The number of rotatable bonds is 6. The predicted molar refractivity (Wildman–Crippen MR) is 94.7 cm³/mol. The van der Waals surface area contributed by atoms with Crippen molar-refractivity contribution in [2.24, 2.45) is 0 Å². The molecule has 0 spiro atoms. The Labute approximate surface area is 144 Å². The lowest BCUT2D eigenvalue weighted by Gasteiger charge is -2.27. The van der Waals surface area contributed by atoms with E-state index in [1.54, 1.807) is 0 Å². The molecule has 2 saturated heterocycles. The van der Waals surface area contributed by atoms with Crippen molar-refractivity contribution in [3.63, 3.8) is 0 Å². The Kier molecular flexibility index (Phi) is 5.67. The zero-order valence-electron chi connectivity index (χ0n) is 14.5. The van der Waals surface area contributed by atoms with Crippen molar-refractivity contribution in [2.45, 2.75) is 70.0 Å². The van der Waals surface area contributed by atoms with Gasteiger partial charge in [0, 0.05) is 19.0 Å². The molecule has 1 N–H and O–H groups in total. The SMILES string of the molecule is CC1CC[C@@H](C(=O)N2CCC[C@@H]2C(=O)CCCc2ccccc2)N1. The third-order valence-electron chi connectivity index (χ3n) is 5.31. The Morgan fingerprint density at radius 3 is 2.67 bits per heavy atom. The fourth-order valence-electron chi connectivity index (χ4n) is 3.96. The second kappa shape index (κ2) is 7.93. The van der Waals surface area contributed by atoms with E-state index in [4.69, 9.17) is 0 Å². The van der Waals surface area contributed by atoms with Crippen molar-refractivity contribution in [3.8, 4) is 0 Å². The minimum atomic E-state index is -0.189. The van der Waals surface area contributed by atoms with Crippen LogP contribution in [-0.4, -0.2) is 41.3 Å². The van der Waals surface area contributed by atoms with E-state index in [0.29, 0.717) is 12.5 Å². The van der Waals surface area contributed by atoms with Crippen LogP contribution in [0.1, 0.15) is 51.0 Å².